The van der Waals surface area contributed by atoms with Crippen LogP contribution in [0.4, 0.5) is 0 Å². The van der Waals surface area contributed by atoms with Crippen molar-refractivity contribution in [2.45, 2.75) is 6.42 Å². The molecule has 4 nitrogen and oxygen atoms in total. The van der Waals surface area contributed by atoms with E-state index in [2.05, 4.69) is 25.9 Å². The van der Waals surface area contributed by atoms with Crippen molar-refractivity contribution in [1.82, 2.24) is 0 Å². The molecule has 0 aromatic carbocycles. The molecule has 0 saturated carbocycles. The van der Waals surface area contributed by atoms with Gasteiger partial charge in [-0.1, -0.05) is 0 Å². The standard InChI is InChI=1S/C8H5BrN2O2/c9-5-3-10-6-1-4(8(12)13)2-11-7(5)6/h2-3H,1H2,(H,12,13). The van der Waals surface area contributed by atoms with Crippen molar-refractivity contribution in [2.75, 3.05) is 0 Å². The molecule has 2 rings (SSSR count). The van der Waals surface area contributed by atoms with Crippen LogP contribution in [0.15, 0.2) is 32.4 Å². The molecule has 0 aliphatic carbocycles. The molecule has 0 bridgehead atoms. The number of carboxylic acids is 1. The molecule has 2 aliphatic heterocycles. The molecule has 2 aliphatic rings. The van der Waals surface area contributed by atoms with Crippen LogP contribution in [-0.2, 0) is 4.79 Å². The molecular weight excluding hydrogens is 236 g/mol. The lowest BCUT2D eigenvalue weighted by molar-refractivity contribution is -0.132. The minimum Gasteiger partial charge on any atom is -0.478 e. The molecule has 0 atom stereocenters. The van der Waals surface area contributed by atoms with Crippen LogP contribution in [0, 0.1) is 0 Å². The maximum atomic E-state index is 10.6. The van der Waals surface area contributed by atoms with Gasteiger partial charge >= 0.3 is 5.97 Å². The fourth-order valence-electron chi connectivity index (χ4n) is 1.16. The van der Waals surface area contributed by atoms with Crippen molar-refractivity contribution in [2.24, 2.45) is 9.98 Å². The summed E-state index contributed by atoms with van der Waals surface area (Å²) in [5.41, 5.74) is 1.73. The first-order chi connectivity index (χ1) is 6.18. The summed E-state index contributed by atoms with van der Waals surface area (Å²) in [6, 6.07) is 0. The Balaban J connectivity index is 2.36. The smallest absolute Gasteiger partial charge is 0.333 e. The molecule has 0 aromatic rings. The van der Waals surface area contributed by atoms with Crippen molar-refractivity contribution >= 4 is 33.3 Å². The van der Waals surface area contributed by atoms with Crippen molar-refractivity contribution in [3.8, 4) is 0 Å². The van der Waals surface area contributed by atoms with E-state index in [1.165, 1.54) is 6.20 Å². The Labute approximate surface area is 82.5 Å². The Hall–Kier alpha value is -1.23. The lowest BCUT2D eigenvalue weighted by Gasteiger charge is -2.08. The average Bonchev–Trinajstić information content (AvgIpc) is 2.47. The van der Waals surface area contributed by atoms with Gasteiger partial charge < -0.3 is 5.11 Å². The van der Waals surface area contributed by atoms with E-state index in [0.29, 0.717) is 12.1 Å². The summed E-state index contributed by atoms with van der Waals surface area (Å²) in [6.45, 7) is 0. The van der Waals surface area contributed by atoms with Crippen molar-refractivity contribution in [3.63, 3.8) is 0 Å². The summed E-state index contributed by atoms with van der Waals surface area (Å²) in [6.07, 6.45) is 3.35. The number of hydrogen-bond acceptors (Lipinski definition) is 3. The van der Waals surface area contributed by atoms with Crippen LogP contribution in [0.25, 0.3) is 0 Å². The van der Waals surface area contributed by atoms with Crippen LogP contribution in [0.3, 0.4) is 0 Å². The molecular formula is C8H5BrN2O2. The van der Waals surface area contributed by atoms with Crippen LogP contribution in [0.5, 0.6) is 0 Å². The monoisotopic (exact) mass is 240 g/mol. The average molecular weight is 241 g/mol. The number of fused-ring (bicyclic) bond motifs is 1. The Kier molecular flexibility index (Phi) is 1.88. The number of nitrogens with zero attached hydrogens (tertiary/aromatic N) is 2. The van der Waals surface area contributed by atoms with Crippen LogP contribution in [-0.4, -0.2) is 22.5 Å². The zero-order valence-corrected chi connectivity index (χ0v) is 8.08. The second-order valence-corrected chi connectivity index (χ2v) is 3.52. The number of aliphatic carboxylic acids is 1. The summed E-state index contributed by atoms with van der Waals surface area (Å²) in [4.78, 5) is 18.7. The SMILES string of the molecule is O=C(O)C1=CN=C2C(Br)=CN=C2C1. The number of carboxylic acid groups (broad SMARTS) is 1. The number of allylic oxidation sites excluding steroid dienone is 1. The van der Waals surface area contributed by atoms with Gasteiger partial charge in [0.2, 0.25) is 0 Å². The highest BCUT2D eigenvalue weighted by Crippen LogP contribution is 2.23. The Morgan fingerprint density at radius 3 is 2.92 bits per heavy atom. The number of rotatable bonds is 1. The van der Waals surface area contributed by atoms with E-state index in [0.717, 1.165) is 10.2 Å². The maximum absolute atomic E-state index is 10.6. The van der Waals surface area contributed by atoms with Crippen molar-refractivity contribution in [1.29, 1.82) is 0 Å². The van der Waals surface area contributed by atoms with Gasteiger partial charge in [-0.25, -0.2) is 4.79 Å². The molecule has 0 amide bonds. The lowest BCUT2D eigenvalue weighted by atomic mass is 10.0. The first-order valence-corrected chi connectivity index (χ1v) is 4.41. The van der Waals surface area contributed by atoms with E-state index in [4.69, 9.17) is 5.11 Å². The number of halogens is 1. The third-order valence-corrected chi connectivity index (χ3v) is 2.40. The summed E-state index contributed by atoms with van der Waals surface area (Å²) in [5, 5.41) is 8.70. The second-order valence-electron chi connectivity index (χ2n) is 2.67. The first-order valence-electron chi connectivity index (χ1n) is 3.61. The minimum absolute atomic E-state index is 0.276. The van der Waals surface area contributed by atoms with Crippen LogP contribution < -0.4 is 0 Å². The molecule has 0 aromatic heterocycles. The summed E-state index contributed by atoms with van der Waals surface area (Å²) in [7, 11) is 0. The summed E-state index contributed by atoms with van der Waals surface area (Å²) < 4.78 is 0.809. The number of aliphatic imine (C=N–C) groups is 2. The van der Waals surface area contributed by atoms with Crippen LogP contribution in [0.1, 0.15) is 6.42 Å². The van der Waals surface area contributed by atoms with Gasteiger partial charge in [0, 0.05) is 18.8 Å². The quantitative estimate of drug-likeness (QED) is 0.755. The van der Waals surface area contributed by atoms with E-state index in [1.807, 2.05) is 0 Å². The van der Waals surface area contributed by atoms with E-state index < -0.39 is 5.97 Å². The first kappa shape index (κ1) is 8.37. The highest BCUT2D eigenvalue weighted by molar-refractivity contribution is 9.12. The highest BCUT2D eigenvalue weighted by Gasteiger charge is 2.23. The molecule has 0 radical (unpaired) electrons. The Morgan fingerprint density at radius 1 is 1.46 bits per heavy atom. The molecule has 0 fully saturated rings. The van der Waals surface area contributed by atoms with Gasteiger partial charge in [-0.15, -0.1) is 0 Å². The van der Waals surface area contributed by atoms with Gasteiger partial charge in [0.1, 0.15) is 5.71 Å². The van der Waals surface area contributed by atoms with Crippen molar-refractivity contribution in [3.05, 3.63) is 22.5 Å². The largest absolute Gasteiger partial charge is 0.478 e. The molecule has 5 heteroatoms. The van der Waals surface area contributed by atoms with E-state index in [9.17, 15) is 4.79 Å². The fourth-order valence-corrected chi connectivity index (χ4v) is 1.59. The van der Waals surface area contributed by atoms with Crippen molar-refractivity contribution < 1.29 is 9.90 Å². The lowest BCUT2D eigenvalue weighted by Crippen LogP contribution is -2.18. The normalized spacial score (nSPS) is 19.8. The van der Waals surface area contributed by atoms with E-state index >= 15 is 0 Å². The van der Waals surface area contributed by atoms with Gasteiger partial charge in [0.15, 0.2) is 0 Å². The van der Waals surface area contributed by atoms with Gasteiger partial charge in [-0.05, 0) is 15.9 Å². The zero-order chi connectivity index (χ0) is 9.42. The topological polar surface area (TPSA) is 62.0 Å². The summed E-state index contributed by atoms with van der Waals surface area (Å²) in [5.74, 6) is -0.937. The molecule has 0 unspecified atom stereocenters. The molecule has 13 heavy (non-hydrogen) atoms. The Morgan fingerprint density at radius 2 is 2.23 bits per heavy atom. The van der Waals surface area contributed by atoms with Gasteiger partial charge in [-0.3, -0.25) is 9.98 Å². The van der Waals surface area contributed by atoms with E-state index in [-0.39, 0.29) is 5.57 Å². The zero-order valence-electron chi connectivity index (χ0n) is 6.49. The molecule has 2 heterocycles. The minimum atomic E-state index is -0.937. The number of hydrogen-bond donors (Lipinski definition) is 1. The van der Waals surface area contributed by atoms with Crippen LogP contribution in [0.2, 0.25) is 0 Å². The van der Waals surface area contributed by atoms with Crippen LogP contribution >= 0.6 is 15.9 Å². The van der Waals surface area contributed by atoms with E-state index in [1.54, 1.807) is 6.20 Å². The van der Waals surface area contributed by atoms with Gasteiger partial charge in [0.05, 0.1) is 15.8 Å². The van der Waals surface area contributed by atoms with Gasteiger partial charge in [-0.2, -0.15) is 0 Å². The highest BCUT2D eigenvalue weighted by atomic mass is 79.9. The Bertz CT molecular complexity index is 404. The molecule has 66 valence electrons. The number of carbonyl (C=O) groups is 1. The predicted octanol–water partition coefficient (Wildman–Crippen LogP) is 1.49. The predicted molar refractivity (Wildman–Crippen MR) is 52.2 cm³/mol. The third-order valence-electron chi connectivity index (χ3n) is 1.82. The fraction of sp³-hybridized carbons (Fsp3) is 0.125. The third kappa shape index (κ3) is 1.35. The summed E-state index contributed by atoms with van der Waals surface area (Å²) >= 11 is 3.28. The second kappa shape index (κ2) is 2.92. The maximum Gasteiger partial charge on any atom is 0.333 e. The van der Waals surface area contributed by atoms with Gasteiger partial charge in [0.25, 0.3) is 0 Å². The molecule has 1 N–H and O–H groups in total. The molecule has 0 saturated heterocycles. The molecule has 0 spiro atoms.